The van der Waals surface area contributed by atoms with E-state index in [0.29, 0.717) is 16.1 Å². The highest BCUT2D eigenvalue weighted by Gasteiger charge is 2.40. The Hall–Kier alpha value is -4.56. The summed E-state index contributed by atoms with van der Waals surface area (Å²) in [6.07, 6.45) is 1.56. The maximum Gasteiger partial charge on any atom is 0.272 e. The highest BCUT2D eigenvalue weighted by Crippen LogP contribution is 2.34. The monoisotopic (exact) mass is 632 g/mol. The Labute approximate surface area is 255 Å². The lowest BCUT2D eigenvalue weighted by Gasteiger charge is -2.15. The first-order chi connectivity index (χ1) is 20.6. The van der Waals surface area contributed by atoms with Gasteiger partial charge >= 0.3 is 0 Å². The largest absolute Gasteiger partial charge is 0.321 e. The third-order valence-corrected chi connectivity index (χ3v) is 9.13. The van der Waals surface area contributed by atoms with Crippen molar-refractivity contribution in [2.45, 2.75) is 21.5 Å². The number of nitrogens with one attached hydrogen (secondary N) is 2. The second kappa shape index (κ2) is 12.8. The average molecular weight is 633 g/mol. The van der Waals surface area contributed by atoms with E-state index in [4.69, 9.17) is 5.14 Å². The van der Waals surface area contributed by atoms with Crippen LogP contribution in [-0.2, 0) is 24.4 Å². The average Bonchev–Trinajstić information content (AvgIpc) is 3.60. The fourth-order valence-corrected chi connectivity index (χ4v) is 6.39. The molecule has 0 saturated carbocycles. The molecule has 0 spiro atoms. The van der Waals surface area contributed by atoms with Crippen molar-refractivity contribution in [3.63, 3.8) is 0 Å². The number of primary sulfonamides is 1. The predicted octanol–water partition coefficient (Wildman–Crippen LogP) is 4.23. The lowest BCUT2D eigenvalue weighted by atomic mass is 10.2. The number of rotatable bonds is 9. The minimum Gasteiger partial charge on any atom is -0.321 e. The molecule has 3 aromatic carbocycles. The molecule has 2 heterocycles. The summed E-state index contributed by atoms with van der Waals surface area (Å²) in [6.45, 7) is 0. The summed E-state index contributed by atoms with van der Waals surface area (Å²) in [5, 5.41) is 13.6. The maximum atomic E-state index is 13.2. The molecule has 0 radical (unpaired) electrons. The molecule has 5 rings (SSSR count). The molecule has 0 aliphatic carbocycles. The molecule has 43 heavy (non-hydrogen) atoms. The fourth-order valence-electron chi connectivity index (χ4n) is 4.20. The van der Waals surface area contributed by atoms with Crippen molar-refractivity contribution in [2.24, 2.45) is 5.14 Å². The van der Waals surface area contributed by atoms with Crippen molar-refractivity contribution < 1.29 is 27.6 Å². The summed E-state index contributed by atoms with van der Waals surface area (Å²) in [5.41, 5.74) is 1.96. The highest BCUT2D eigenvalue weighted by molar-refractivity contribution is 8.00. The first kappa shape index (κ1) is 29.9. The molecule has 1 fully saturated rings. The summed E-state index contributed by atoms with van der Waals surface area (Å²) >= 11 is 2.67. The Kier molecular flexibility index (Phi) is 8.87. The summed E-state index contributed by atoms with van der Waals surface area (Å²) in [4.78, 5) is 53.2. The van der Waals surface area contributed by atoms with Crippen molar-refractivity contribution in [1.82, 2.24) is 5.32 Å². The highest BCUT2D eigenvalue weighted by atomic mass is 32.2. The van der Waals surface area contributed by atoms with Crippen molar-refractivity contribution >= 4 is 74.2 Å². The molecule has 1 aromatic heterocycles. The third kappa shape index (κ3) is 7.27. The van der Waals surface area contributed by atoms with E-state index in [1.807, 2.05) is 16.8 Å². The van der Waals surface area contributed by atoms with E-state index in [9.17, 15) is 27.6 Å². The zero-order chi connectivity index (χ0) is 30.6. The van der Waals surface area contributed by atoms with Crippen LogP contribution in [-0.4, -0.2) is 37.3 Å². The van der Waals surface area contributed by atoms with E-state index >= 15 is 0 Å². The number of thioether (sulfide) groups is 1. The number of hydrogen-bond donors (Lipinski definition) is 3. The minimum absolute atomic E-state index is 0.0310. The number of hydrogen-bond acceptors (Lipinski definition) is 8. The van der Waals surface area contributed by atoms with E-state index in [-0.39, 0.29) is 22.7 Å². The lowest BCUT2D eigenvalue weighted by Crippen LogP contribution is -2.31. The standard InChI is InChI=1S/C30H24N4O6S3/c31-43(39,40)24-12-8-22(9-13-24)34-27(35)17-26(30(34)38)42-23-10-6-21(7-11-23)32-29(37)25(16-19-14-15-41-18-19)33-28(36)20-4-2-1-3-5-20/h1-16,18,26H,17H2,(H,32,37)(H,33,36)(H2,31,39,40)/b25-16-. The van der Waals surface area contributed by atoms with Gasteiger partial charge in [-0.05, 0) is 89.1 Å². The van der Waals surface area contributed by atoms with E-state index in [2.05, 4.69) is 10.6 Å². The lowest BCUT2D eigenvalue weighted by molar-refractivity contribution is -0.121. The van der Waals surface area contributed by atoms with Crippen LogP contribution in [0.5, 0.6) is 0 Å². The second-order valence-corrected chi connectivity index (χ2v) is 12.9. The number of sulfonamides is 1. The van der Waals surface area contributed by atoms with E-state index < -0.39 is 38.9 Å². The van der Waals surface area contributed by atoms with Gasteiger partial charge in [0.2, 0.25) is 21.8 Å². The minimum atomic E-state index is -3.91. The molecule has 13 heteroatoms. The fraction of sp³-hybridized carbons (Fsp3) is 0.0667. The molecule has 218 valence electrons. The van der Waals surface area contributed by atoms with Gasteiger partial charge in [0, 0.05) is 22.6 Å². The van der Waals surface area contributed by atoms with Crippen LogP contribution in [0.2, 0.25) is 0 Å². The SMILES string of the molecule is NS(=O)(=O)c1ccc(N2C(=O)CC(Sc3ccc(NC(=O)/C(=C/c4ccsc4)NC(=O)c4ccccc4)cc3)C2=O)cc1. The van der Waals surface area contributed by atoms with Crippen LogP contribution < -0.4 is 20.7 Å². The van der Waals surface area contributed by atoms with Gasteiger partial charge in [0.25, 0.3) is 11.8 Å². The van der Waals surface area contributed by atoms with Crippen LogP contribution in [0.4, 0.5) is 11.4 Å². The van der Waals surface area contributed by atoms with Crippen LogP contribution in [0.1, 0.15) is 22.3 Å². The number of nitrogens with two attached hydrogens (primary N) is 1. The van der Waals surface area contributed by atoms with Crippen LogP contribution >= 0.6 is 23.1 Å². The number of carbonyl (C=O) groups is 4. The number of nitrogens with zero attached hydrogens (tertiary/aromatic N) is 1. The Morgan fingerprint density at radius 2 is 1.65 bits per heavy atom. The smallest absolute Gasteiger partial charge is 0.272 e. The van der Waals surface area contributed by atoms with Crippen molar-refractivity contribution in [2.75, 3.05) is 10.2 Å². The molecule has 4 amide bonds. The summed E-state index contributed by atoms with van der Waals surface area (Å²) in [6, 6.07) is 22.4. The normalized spacial score (nSPS) is 15.4. The van der Waals surface area contributed by atoms with Gasteiger partial charge in [0.05, 0.1) is 15.8 Å². The Morgan fingerprint density at radius 1 is 0.953 bits per heavy atom. The van der Waals surface area contributed by atoms with E-state index in [0.717, 1.165) is 10.5 Å². The number of carbonyl (C=O) groups excluding carboxylic acids is 4. The van der Waals surface area contributed by atoms with Gasteiger partial charge < -0.3 is 10.6 Å². The molecule has 1 atom stereocenters. The van der Waals surface area contributed by atoms with Gasteiger partial charge in [-0.15, -0.1) is 11.8 Å². The molecule has 10 nitrogen and oxygen atoms in total. The molecule has 4 N–H and O–H groups in total. The van der Waals surface area contributed by atoms with Crippen LogP contribution in [0.3, 0.4) is 0 Å². The quantitative estimate of drug-likeness (QED) is 0.184. The van der Waals surface area contributed by atoms with E-state index in [1.165, 1.54) is 47.4 Å². The third-order valence-electron chi connectivity index (χ3n) is 6.30. The molecule has 1 aliphatic heterocycles. The molecular formula is C30H24N4O6S3. The van der Waals surface area contributed by atoms with Crippen LogP contribution in [0.25, 0.3) is 6.08 Å². The van der Waals surface area contributed by atoms with Crippen LogP contribution in [0, 0.1) is 0 Å². The number of imide groups is 1. The molecule has 0 bridgehead atoms. The Morgan fingerprint density at radius 3 is 2.28 bits per heavy atom. The number of anilines is 2. The molecular weight excluding hydrogens is 609 g/mol. The van der Waals surface area contributed by atoms with Gasteiger partial charge in [-0.3, -0.25) is 19.2 Å². The Balaban J connectivity index is 1.25. The molecule has 1 aliphatic rings. The maximum absolute atomic E-state index is 13.2. The number of thiophene rings is 1. The van der Waals surface area contributed by atoms with Crippen LogP contribution in [0.15, 0.2) is 111 Å². The molecule has 1 unspecified atom stereocenters. The van der Waals surface area contributed by atoms with Gasteiger partial charge in [0.15, 0.2) is 0 Å². The Bertz CT molecular complexity index is 1810. The topological polar surface area (TPSA) is 156 Å². The summed E-state index contributed by atoms with van der Waals surface area (Å²) in [5.74, 6) is -1.77. The zero-order valence-electron chi connectivity index (χ0n) is 22.3. The van der Waals surface area contributed by atoms with Gasteiger partial charge in [-0.1, -0.05) is 18.2 Å². The molecule has 1 saturated heterocycles. The van der Waals surface area contributed by atoms with Crippen molar-refractivity contribution in [1.29, 1.82) is 0 Å². The predicted molar refractivity (Wildman–Crippen MR) is 166 cm³/mol. The van der Waals surface area contributed by atoms with Gasteiger partial charge in [-0.25, -0.2) is 18.5 Å². The van der Waals surface area contributed by atoms with E-state index in [1.54, 1.807) is 60.7 Å². The molecule has 4 aromatic rings. The summed E-state index contributed by atoms with van der Waals surface area (Å²) < 4.78 is 23.0. The first-order valence-electron chi connectivity index (χ1n) is 12.8. The van der Waals surface area contributed by atoms with Gasteiger partial charge in [0.1, 0.15) is 5.70 Å². The first-order valence-corrected chi connectivity index (χ1v) is 16.1. The number of amides is 4. The van der Waals surface area contributed by atoms with Crippen molar-refractivity contribution in [3.8, 4) is 0 Å². The number of benzene rings is 3. The summed E-state index contributed by atoms with van der Waals surface area (Å²) in [7, 11) is -3.91. The zero-order valence-corrected chi connectivity index (χ0v) is 24.7. The second-order valence-electron chi connectivity index (χ2n) is 9.33. The van der Waals surface area contributed by atoms with Gasteiger partial charge in [-0.2, -0.15) is 11.3 Å². The van der Waals surface area contributed by atoms with Crippen molar-refractivity contribution in [3.05, 3.63) is 113 Å².